The van der Waals surface area contributed by atoms with E-state index in [1.54, 1.807) is 0 Å². The predicted molar refractivity (Wildman–Crippen MR) is 88.7 cm³/mol. The van der Waals surface area contributed by atoms with Gasteiger partial charge in [0.05, 0.1) is 12.2 Å². The van der Waals surface area contributed by atoms with E-state index in [4.69, 9.17) is 5.10 Å². The van der Waals surface area contributed by atoms with Crippen molar-refractivity contribution in [2.75, 3.05) is 7.05 Å². The van der Waals surface area contributed by atoms with E-state index in [2.05, 4.69) is 62.0 Å². The summed E-state index contributed by atoms with van der Waals surface area (Å²) in [6.45, 7) is 9.53. The molecule has 21 heavy (non-hydrogen) atoms. The monoisotopic (exact) mass is 285 g/mol. The topological polar surface area (TPSA) is 29.9 Å². The van der Waals surface area contributed by atoms with Crippen molar-refractivity contribution in [3.8, 4) is 0 Å². The summed E-state index contributed by atoms with van der Waals surface area (Å²) < 4.78 is 2.13. The molecule has 1 unspecified atom stereocenters. The zero-order valence-electron chi connectivity index (χ0n) is 13.9. The third kappa shape index (κ3) is 3.35. The van der Waals surface area contributed by atoms with Crippen molar-refractivity contribution in [3.63, 3.8) is 0 Å². The lowest BCUT2D eigenvalue weighted by molar-refractivity contribution is 0.568. The number of nitrogens with one attached hydrogen (secondary N) is 1. The maximum Gasteiger partial charge on any atom is 0.0662 e. The second kappa shape index (κ2) is 6.90. The van der Waals surface area contributed by atoms with Gasteiger partial charge in [-0.05, 0) is 44.9 Å². The van der Waals surface area contributed by atoms with E-state index in [9.17, 15) is 0 Å². The molecule has 0 saturated carbocycles. The number of aryl methyl sites for hydroxylation is 2. The summed E-state index contributed by atoms with van der Waals surface area (Å²) in [5.41, 5.74) is 6.45. The van der Waals surface area contributed by atoms with Crippen molar-refractivity contribution in [1.29, 1.82) is 0 Å². The summed E-state index contributed by atoms with van der Waals surface area (Å²) in [6.07, 6.45) is 2.17. The Morgan fingerprint density at radius 1 is 1.10 bits per heavy atom. The SMILES string of the molecule is CCc1ccc(Cn2nc(C)c(C(CC)NC)c2C)cc1. The second-order valence-electron chi connectivity index (χ2n) is 5.66. The van der Waals surface area contributed by atoms with E-state index in [1.165, 1.54) is 22.4 Å². The first-order chi connectivity index (χ1) is 10.1. The molecule has 0 spiro atoms. The molecule has 3 nitrogen and oxygen atoms in total. The van der Waals surface area contributed by atoms with E-state index in [0.717, 1.165) is 25.1 Å². The zero-order valence-corrected chi connectivity index (χ0v) is 13.9. The molecule has 0 saturated heterocycles. The predicted octanol–water partition coefficient (Wildman–Crippen LogP) is 3.78. The molecule has 0 radical (unpaired) electrons. The fourth-order valence-electron chi connectivity index (χ4n) is 2.97. The fraction of sp³-hybridized carbons (Fsp3) is 0.500. The van der Waals surface area contributed by atoms with Gasteiger partial charge in [0, 0.05) is 17.3 Å². The molecule has 0 bridgehead atoms. The van der Waals surface area contributed by atoms with Crippen LogP contribution in [0, 0.1) is 13.8 Å². The molecule has 0 aliphatic carbocycles. The fourth-order valence-corrected chi connectivity index (χ4v) is 2.97. The summed E-state index contributed by atoms with van der Waals surface area (Å²) >= 11 is 0. The van der Waals surface area contributed by atoms with Crippen molar-refractivity contribution < 1.29 is 0 Å². The van der Waals surface area contributed by atoms with Crippen LogP contribution in [0.3, 0.4) is 0 Å². The van der Waals surface area contributed by atoms with E-state index in [-0.39, 0.29) is 0 Å². The Labute approximate surface area is 128 Å². The van der Waals surface area contributed by atoms with Crippen LogP contribution in [-0.4, -0.2) is 16.8 Å². The molecule has 1 heterocycles. The lowest BCUT2D eigenvalue weighted by Gasteiger charge is -2.15. The molecule has 114 valence electrons. The molecule has 1 N–H and O–H groups in total. The minimum Gasteiger partial charge on any atom is -0.313 e. The van der Waals surface area contributed by atoms with Crippen LogP contribution in [0.15, 0.2) is 24.3 Å². The van der Waals surface area contributed by atoms with Crippen molar-refractivity contribution >= 4 is 0 Å². The minimum absolute atomic E-state index is 0.390. The first-order valence-electron chi connectivity index (χ1n) is 7.89. The summed E-state index contributed by atoms with van der Waals surface area (Å²) in [4.78, 5) is 0. The van der Waals surface area contributed by atoms with Crippen LogP contribution in [-0.2, 0) is 13.0 Å². The van der Waals surface area contributed by atoms with E-state index < -0.39 is 0 Å². The number of nitrogens with zero attached hydrogens (tertiary/aromatic N) is 2. The average Bonchev–Trinajstić information content (AvgIpc) is 2.77. The lowest BCUT2D eigenvalue weighted by Crippen LogP contribution is -2.17. The number of aromatic nitrogens is 2. The Bertz CT molecular complexity index is 577. The normalized spacial score (nSPS) is 12.6. The average molecular weight is 285 g/mol. The Hall–Kier alpha value is -1.61. The van der Waals surface area contributed by atoms with E-state index >= 15 is 0 Å². The standard InChI is InChI=1S/C18H27N3/c1-6-15-8-10-16(11-9-15)12-21-14(4)18(13(3)20-21)17(7-2)19-5/h8-11,17,19H,6-7,12H2,1-5H3. The molecule has 2 rings (SSSR count). The van der Waals surface area contributed by atoms with Crippen LogP contribution in [0.4, 0.5) is 0 Å². The zero-order chi connectivity index (χ0) is 15.4. The van der Waals surface area contributed by atoms with Gasteiger partial charge in [0.25, 0.3) is 0 Å². The van der Waals surface area contributed by atoms with Gasteiger partial charge in [-0.25, -0.2) is 0 Å². The number of benzene rings is 1. The van der Waals surface area contributed by atoms with Crippen molar-refractivity contribution in [3.05, 3.63) is 52.3 Å². The Kier molecular flexibility index (Phi) is 5.18. The number of rotatable bonds is 6. The van der Waals surface area contributed by atoms with Gasteiger partial charge in [0.1, 0.15) is 0 Å². The maximum absolute atomic E-state index is 4.74. The van der Waals surface area contributed by atoms with Crippen LogP contribution in [0.25, 0.3) is 0 Å². The first kappa shape index (κ1) is 15.8. The summed E-state index contributed by atoms with van der Waals surface area (Å²) in [5, 5.41) is 8.13. The third-order valence-corrected chi connectivity index (χ3v) is 4.31. The molecule has 0 amide bonds. The molecule has 2 aromatic rings. The van der Waals surface area contributed by atoms with Gasteiger partial charge in [-0.1, -0.05) is 38.1 Å². The maximum atomic E-state index is 4.74. The molecule has 1 atom stereocenters. The quantitative estimate of drug-likeness (QED) is 0.875. The van der Waals surface area contributed by atoms with Crippen LogP contribution >= 0.6 is 0 Å². The van der Waals surface area contributed by atoms with Crippen LogP contribution < -0.4 is 5.32 Å². The highest BCUT2D eigenvalue weighted by Crippen LogP contribution is 2.24. The number of hydrogen-bond acceptors (Lipinski definition) is 2. The Morgan fingerprint density at radius 3 is 2.24 bits per heavy atom. The lowest BCUT2D eigenvalue weighted by atomic mass is 10.0. The van der Waals surface area contributed by atoms with Crippen LogP contribution in [0.5, 0.6) is 0 Å². The molecular weight excluding hydrogens is 258 g/mol. The highest BCUT2D eigenvalue weighted by atomic mass is 15.3. The van der Waals surface area contributed by atoms with Crippen molar-refractivity contribution in [2.45, 2.75) is 53.1 Å². The second-order valence-corrected chi connectivity index (χ2v) is 5.66. The minimum atomic E-state index is 0.390. The molecule has 1 aromatic heterocycles. The number of hydrogen-bond donors (Lipinski definition) is 1. The van der Waals surface area contributed by atoms with E-state index in [1.807, 2.05) is 7.05 Å². The summed E-state index contributed by atoms with van der Waals surface area (Å²) in [5.74, 6) is 0. The highest BCUT2D eigenvalue weighted by Gasteiger charge is 2.18. The van der Waals surface area contributed by atoms with Crippen LogP contribution in [0.2, 0.25) is 0 Å². The van der Waals surface area contributed by atoms with Gasteiger partial charge in [-0.15, -0.1) is 0 Å². The van der Waals surface area contributed by atoms with Crippen molar-refractivity contribution in [2.24, 2.45) is 0 Å². The molecular formula is C18H27N3. The largest absolute Gasteiger partial charge is 0.313 e. The molecule has 3 heteroatoms. The van der Waals surface area contributed by atoms with Gasteiger partial charge < -0.3 is 5.32 Å². The molecule has 0 aliphatic rings. The first-order valence-corrected chi connectivity index (χ1v) is 7.89. The third-order valence-electron chi connectivity index (χ3n) is 4.31. The summed E-state index contributed by atoms with van der Waals surface area (Å²) in [6, 6.07) is 9.24. The Balaban J connectivity index is 2.26. The van der Waals surface area contributed by atoms with Gasteiger partial charge in [-0.2, -0.15) is 5.10 Å². The van der Waals surface area contributed by atoms with Gasteiger partial charge >= 0.3 is 0 Å². The van der Waals surface area contributed by atoms with E-state index in [0.29, 0.717) is 6.04 Å². The van der Waals surface area contributed by atoms with Gasteiger partial charge in [-0.3, -0.25) is 4.68 Å². The molecule has 0 aliphatic heterocycles. The summed E-state index contributed by atoms with van der Waals surface area (Å²) in [7, 11) is 2.02. The van der Waals surface area contributed by atoms with Gasteiger partial charge in [0.2, 0.25) is 0 Å². The highest BCUT2D eigenvalue weighted by molar-refractivity contribution is 5.30. The smallest absolute Gasteiger partial charge is 0.0662 e. The molecule has 1 aromatic carbocycles. The van der Waals surface area contributed by atoms with Crippen molar-refractivity contribution in [1.82, 2.24) is 15.1 Å². The Morgan fingerprint density at radius 2 is 1.71 bits per heavy atom. The van der Waals surface area contributed by atoms with Crippen LogP contribution in [0.1, 0.15) is 54.4 Å². The molecule has 0 fully saturated rings. The van der Waals surface area contributed by atoms with Gasteiger partial charge in [0.15, 0.2) is 0 Å².